The lowest BCUT2D eigenvalue weighted by Gasteiger charge is -2.52. The lowest BCUT2D eigenvalue weighted by molar-refractivity contribution is -0.896. The van der Waals surface area contributed by atoms with Crippen LogP contribution >= 0.6 is 0 Å². The Morgan fingerprint density at radius 2 is 1.79 bits per heavy atom. The summed E-state index contributed by atoms with van der Waals surface area (Å²) in [5.41, 5.74) is 4.55. The van der Waals surface area contributed by atoms with E-state index in [1.165, 1.54) is 0 Å². The highest BCUT2D eigenvalue weighted by Crippen LogP contribution is 2.30. The molecular formula is C22H34N2O4. The van der Waals surface area contributed by atoms with Crippen molar-refractivity contribution in [3.63, 3.8) is 0 Å². The van der Waals surface area contributed by atoms with E-state index in [0.29, 0.717) is 28.9 Å². The van der Waals surface area contributed by atoms with Crippen molar-refractivity contribution in [3.05, 3.63) is 35.3 Å². The van der Waals surface area contributed by atoms with Crippen LogP contribution in [0.25, 0.3) is 5.43 Å². The molecule has 28 heavy (non-hydrogen) atoms. The zero-order valence-electron chi connectivity index (χ0n) is 17.9. The number of methoxy groups -OCH3 is 1. The summed E-state index contributed by atoms with van der Waals surface area (Å²) < 4.78 is 11.4. The van der Waals surface area contributed by atoms with Crippen molar-refractivity contribution in [3.8, 4) is 5.75 Å². The van der Waals surface area contributed by atoms with Gasteiger partial charge in [-0.1, -0.05) is 19.1 Å². The first kappa shape index (κ1) is 22.2. The summed E-state index contributed by atoms with van der Waals surface area (Å²) >= 11 is 0. The summed E-state index contributed by atoms with van der Waals surface area (Å²) in [6, 6.07) is 7.15. The maximum atomic E-state index is 13.0. The number of piperidine rings is 1. The predicted molar refractivity (Wildman–Crippen MR) is 109 cm³/mol. The third kappa shape index (κ3) is 5.71. The second-order valence-corrected chi connectivity index (χ2v) is 8.58. The van der Waals surface area contributed by atoms with Gasteiger partial charge < -0.3 is 24.3 Å². The van der Waals surface area contributed by atoms with Gasteiger partial charge in [0.25, 0.3) is 0 Å². The van der Waals surface area contributed by atoms with Gasteiger partial charge in [0.2, 0.25) is 0 Å². The Labute approximate surface area is 168 Å². The predicted octanol–water partition coefficient (Wildman–Crippen LogP) is 4.49. The van der Waals surface area contributed by atoms with E-state index in [-0.39, 0.29) is 18.0 Å². The number of esters is 1. The van der Waals surface area contributed by atoms with Crippen LogP contribution in [0.2, 0.25) is 0 Å². The Hall–Kier alpha value is -2.08. The molecule has 0 aromatic heterocycles. The summed E-state index contributed by atoms with van der Waals surface area (Å²) in [6.45, 7) is 9.64. The third-order valence-corrected chi connectivity index (χ3v) is 5.17. The van der Waals surface area contributed by atoms with Crippen molar-refractivity contribution in [1.82, 2.24) is 0 Å². The molecule has 0 spiro atoms. The van der Waals surface area contributed by atoms with E-state index in [1.807, 2.05) is 39.8 Å². The average molecular weight is 391 g/mol. The highest BCUT2D eigenvalue weighted by molar-refractivity contribution is 6.04. The van der Waals surface area contributed by atoms with E-state index in [1.54, 1.807) is 19.2 Å². The van der Waals surface area contributed by atoms with Gasteiger partial charge in [0.05, 0.1) is 25.6 Å². The zero-order valence-corrected chi connectivity index (χ0v) is 17.9. The van der Waals surface area contributed by atoms with E-state index in [9.17, 15) is 9.59 Å². The topological polar surface area (TPSA) is 66.7 Å². The van der Waals surface area contributed by atoms with Crippen LogP contribution in [0.4, 0.5) is 0 Å². The maximum absolute atomic E-state index is 13.0. The zero-order chi connectivity index (χ0) is 20.8. The van der Waals surface area contributed by atoms with Crippen molar-refractivity contribution in [1.29, 1.82) is 0 Å². The van der Waals surface area contributed by atoms with Crippen molar-refractivity contribution < 1.29 is 23.7 Å². The Bertz CT molecular complexity index is 675. The molecule has 0 bridgehead atoms. The number of carbonyl (C=O) groups excluding carboxylic acids is 2. The number of hydrogen-bond donors (Lipinski definition) is 0. The highest BCUT2D eigenvalue weighted by atomic mass is 16.5. The monoisotopic (exact) mass is 390 g/mol. The molecule has 1 saturated heterocycles. The van der Waals surface area contributed by atoms with Gasteiger partial charge >= 0.3 is 5.97 Å². The van der Waals surface area contributed by atoms with Crippen molar-refractivity contribution in [2.75, 3.05) is 26.7 Å². The molecule has 1 aliphatic heterocycles. The first-order valence-corrected chi connectivity index (χ1v) is 10.2. The number of hydrogen-bond acceptors (Lipinski definition) is 4. The largest absolute Gasteiger partial charge is 0.496 e. The summed E-state index contributed by atoms with van der Waals surface area (Å²) in [6.07, 6.45) is 3.58. The Balaban J connectivity index is 2.18. The summed E-state index contributed by atoms with van der Waals surface area (Å²) in [4.78, 5) is 25.3. The number of likely N-dealkylation sites (tertiary alicyclic amines) is 1. The second kappa shape index (κ2) is 9.41. The molecule has 6 heteroatoms. The number of ether oxygens (including phenoxy) is 2. The van der Waals surface area contributed by atoms with E-state index >= 15 is 0 Å². The Morgan fingerprint density at radius 1 is 1.14 bits per heavy atom. The third-order valence-electron chi connectivity index (χ3n) is 5.17. The van der Waals surface area contributed by atoms with Crippen LogP contribution in [0.1, 0.15) is 63.7 Å². The lowest BCUT2D eigenvalue weighted by atomic mass is 9.97. The van der Waals surface area contributed by atoms with Gasteiger partial charge in [-0.2, -0.15) is 0 Å². The van der Waals surface area contributed by atoms with Gasteiger partial charge in [0.1, 0.15) is 24.3 Å². The minimum Gasteiger partial charge on any atom is -0.496 e. The van der Waals surface area contributed by atoms with Gasteiger partial charge in [-0.05, 0) is 58.6 Å². The van der Waals surface area contributed by atoms with Gasteiger partial charge in [0, 0.05) is 5.56 Å². The van der Waals surface area contributed by atoms with Crippen LogP contribution in [0.3, 0.4) is 0 Å². The molecule has 156 valence electrons. The van der Waals surface area contributed by atoms with Crippen LogP contribution in [-0.2, 0) is 9.53 Å². The molecule has 1 atom stereocenters. The molecule has 6 nitrogen and oxygen atoms in total. The molecular weight excluding hydrogens is 356 g/mol. The second-order valence-electron chi connectivity index (χ2n) is 8.58. The molecule has 1 heterocycles. The fourth-order valence-electron chi connectivity index (χ4n) is 3.45. The fraction of sp³-hybridized carbons (Fsp3) is 0.636. The number of carbonyl (C=O) groups is 2. The average Bonchev–Trinajstić information content (AvgIpc) is 2.67. The SMILES string of the molecule is CCC(C[N+]1([N-]C(=O)c2ccccc2OC)CCCCC1)OC(=O)C(C)(C)C. The number of rotatable bonds is 7. The number of benzene rings is 1. The molecule has 1 aromatic rings. The first-order valence-electron chi connectivity index (χ1n) is 10.2. The molecule has 0 saturated carbocycles. The smallest absolute Gasteiger partial charge is 0.311 e. The first-order chi connectivity index (χ1) is 13.2. The van der Waals surface area contributed by atoms with Crippen molar-refractivity contribution in [2.24, 2.45) is 5.41 Å². The maximum Gasteiger partial charge on any atom is 0.311 e. The van der Waals surface area contributed by atoms with Crippen molar-refractivity contribution >= 4 is 11.9 Å². The van der Waals surface area contributed by atoms with E-state index in [0.717, 1.165) is 32.4 Å². The Morgan fingerprint density at radius 3 is 2.36 bits per heavy atom. The molecule has 1 amide bonds. The van der Waals surface area contributed by atoms with E-state index in [4.69, 9.17) is 9.47 Å². The standard InChI is InChI=1S/C22H34N2O4/c1-6-17(28-21(26)22(2,3)4)16-24(14-10-7-11-15-24)23-20(25)18-12-8-9-13-19(18)27-5/h8-9,12-13,17H,6-7,10-11,14-16H2,1-5H3. The number of para-hydroxylation sites is 1. The van der Waals surface area contributed by atoms with Crippen LogP contribution in [0.5, 0.6) is 5.75 Å². The molecule has 0 radical (unpaired) electrons. The summed E-state index contributed by atoms with van der Waals surface area (Å²) in [5.74, 6) is 0.0273. The minimum atomic E-state index is -0.551. The van der Waals surface area contributed by atoms with E-state index < -0.39 is 5.41 Å². The molecule has 1 aromatic carbocycles. The van der Waals surface area contributed by atoms with Crippen LogP contribution in [-0.4, -0.2) is 49.3 Å². The van der Waals surface area contributed by atoms with Crippen molar-refractivity contribution in [2.45, 2.75) is 59.5 Å². The van der Waals surface area contributed by atoms with Gasteiger partial charge in [0.15, 0.2) is 0 Å². The molecule has 1 unspecified atom stereocenters. The van der Waals surface area contributed by atoms with Gasteiger partial charge in [-0.15, -0.1) is 0 Å². The fourth-order valence-corrected chi connectivity index (χ4v) is 3.45. The molecule has 1 fully saturated rings. The molecule has 1 aliphatic rings. The Kier molecular flexibility index (Phi) is 7.47. The number of nitrogens with zero attached hydrogens (tertiary/aromatic N) is 2. The highest BCUT2D eigenvalue weighted by Gasteiger charge is 2.32. The number of amides is 1. The number of quaternary nitrogens is 1. The van der Waals surface area contributed by atoms with E-state index in [2.05, 4.69) is 5.43 Å². The summed E-state index contributed by atoms with van der Waals surface area (Å²) in [7, 11) is 1.55. The van der Waals surface area contributed by atoms with Crippen LogP contribution in [0, 0.1) is 5.41 Å². The minimum absolute atomic E-state index is 0.217. The molecule has 2 rings (SSSR count). The normalized spacial score (nSPS) is 17.5. The van der Waals surface area contributed by atoms with Crippen LogP contribution < -0.4 is 4.74 Å². The van der Waals surface area contributed by atoms with Crippen LogP contribution in [0.15, 0.2) is 24.3 Å². The van der Waals surface area contributed by atoms with Gasteiger partial charge in [-0.3, -0.25) is 4.79 Å². The van der Waals surface area contributed by atoms with Gasteiger partial charge in [-0.25, -0.2) is 0 Å². The summed E-state index contributed by atoms with van der Waals surface area (Å²) in [5, 5.41) is 0. The quantitative estimate of drug-likeness (QED) is 0.508. The molecule has 0 aliphatic carbocycles. The lowest BCUT2D eigenvalue weighted by Crippen LogP contribution is -2.53. The molecule has 0 N–H and O–H groups in total.